The molecular formula is C23H26N3O5P. The van der Waals surface area contributed by atoms with E-state index in [1.807, 2.05) is 54.6 Å². The summed E-state index contributed by atoms with van der Waals surface area (Å²) in [5.74, 6) is -0.470. The number of hydrogen-bond donors (Lipinski definition) is 0. The van der Waals surface area contributed by atoms with Crippen LogP contribution in [-0.4, -0.2) is 49.0 Å². The van der Waals surface area contributed by atoms with Crippen LogP contribution in [0.5, 0.6) is 0 Å². The standard InChI is InChI=1S/C23H26N3O5P/c1-4-31-23(27)21(24-15-17-10-6-5-7-11-17)14-20-22(16-32(28,29-2)30-3)26-19-13-9-8-12-18(19)25-20/h5-13,15,21H,4,14,16H2,1-3H3. The van der Waals surface area contributed by atoms with Crippen molar-refractivity contribution >= 4 is 30.8 Å². The lowest BCUT2D eigenvalue weighted by Gasteiger charge is -2.17. The highest BCUT2D eigenvalue weighted by molar-refractivity contribution is 7.52. The van der Waals surface area contributed by atoms with Crippen LogP contribution in [0.4, 0.5) is 0 Å². The second-order valence-corrected chi connectivity index (χ2v) is 9.17. The number of carbonyl (C=O) groups is 1. The number of rotatable bonds is 10. The SMILES string of the molecule is CCOC(=O)C(Cc1nc2ccccc2nc1CP(=O)(OC)OC)N=Cc1ccccc1. The van der Waals surface area contributed by atoms with Gasteiger partial charge in [0.05, 0.1) is 35.2 Å². The van der Waals surface area contributed by atoms with Crippen LogP contribution < -0.4 is 0 Å². The van der Waals surface area contributed by atoms with Crippen molar-refractivity contribution in [3.05, 3.63) is 71.5 Å². The number of fused-ring (bicyclic) bond motifs is 1. The minimum Gasteiger partial charge on any atom is -0.464 e. The fraction of sp³-hybridized carbons (Fsp3) is 0.304. The van der Waals surface area contributed by atoms with Gasteiger partial charge in [-0.05, 0) is 24.6 Å². The minimum atomic E-state index is -3.41. The van der Waals surface area contributed by atoms with E-state index in [-0.39, 0.29) is 19.2 Å². The molecule has 2 aromatic carbocycles. The summed E-state index contributed by atoms with van der Waals surface area (Å²) in [6.45, 7) is 1.97. The first-order valence-electron chi connectivity index (χ1n) is 10.2. The zero-order chi connectivity index (χ0) is 23.0. The van der Waals surface area contributed by atoms with E-state index in [4.69, 9.17) is 13.8 Å². The molecule has 0 bridgehead atoms. The number of ether oxygens (including phenoxy) is 1. The zero-order valence-corrected chi connectivity index (χ0v) is 19.2. The Bertz CT molecular complexity index is 1130. The summed E-state index contributed by atoms with van der Waals surface area (Å²) in [6.07, 6.45) is 1.68. The average Bonchev–Trinajstić information content (AvgIpc) is 2.82. The maximum absolute atomic E-state index is 12.8. The van der Waals surface area contributed by atoms with Crippen LogP contribution >= 0.6 is 7.60 Å². The Kier molecular flexibility index (Phi) is 8.22. The van der Waals surface area contributed by atoms with E-state index in [9.17, 15) is 9.36 Å². The van der Waals surface area contributed by atoms with Crippen LogP contribution in [0.15, 0.2) is 59.6 Å². The highest BCUT2D eigenvalue weighted by Gasteiger charge is 2.28. The van der Waals surface area contributed by atoms with Crippen molar-refractivity contribution in [1.29, 1.82) is 0 Å². The van der Waals surface area contributed by atoms with Crippen LogP contribution in [0.2, 0.25) is 0 Å². The molecule has 8 nitrogen and oxygen atoms in total. The Morgan fingerprint density at radius 2 is 1.59 bits per heavy atom. The molecule has 0 saturated carbocycles. The number of aliphatic imine (C=N–C) groups is 1. The molecule has 0 aliphatic carbocycles. The molecule has 1 unspecified atom stereocenters. The van der Waals surface area contributed by atoms with Crippen LogP contribution in [0.3, 0.4) is 0 Å². The predicted molar refractivity (Wildman–Crippen MR) is 123 cm³/mol. The van der Waals surface area contributed by atoms with Gasteiger partial charge in [-0.2, -0.15) is 0 Å². The molecule has 1 heterocycles. The lowest BCUT2D eigenvalue weighted by Crippen LogP contribution is -2.25. The topological polar surface area (TPSA) is 100.0 Å². The molecule has 9 heteroatoms. The second kappa shape index (κ2) is 11.1. The molecule has 1 aromatic heterocycles. The second-order valence-electron chi connectivity index (χ2n) is 6.90. The lowest BCUT2D eigenvalue weighted by molar-refractivity contribution is -0.144. The quantitative estimate of drug-likeness (QED) is 0.256. The molecule has 0 radical (unpaired) electrons. The van der Waals surface area contributed by atoms with Crippen LogP contribution in [0.25, 0.3) is 11.0 Å². The number of para-hydroxylation sites is 2. The smallest absolute Gasteiger partial charge is 0.336 e. The molecule has 0 saturated heterocycles. The van der Waals surface area contributed by atoms with Gasteiger partial charge in [-0.25, -0.2) is 14.8 Å². The summed E-state index contributed by atoms with van der Waals surface area (Å²) in [6, 6.07) is 16.0. The first kappa shape index (κ1) is 23.7. The minimum absolute atomic E-state index is 0.0783. The molecule has 0 aliphatic heterocycles. The Morgan fingerprint density at radius 3 is 2.19 bits per heavy atom. The molecule has 0 spiro atoms. The van der Waals surface area contributed by atoms with Crippen molar-refractivity contribution in [2.24, 2.45) is 4.99 Å². The third-order valence-electron chi connectivity index (χ3n) is 4.77. The first-order chi connectivity index (χ1) is 15.5. The summed E-state index contributed by atoms with van der Waals surface area (Å²) in [4.78, 5) is 26.4. The van der Waals surface area contributed by atoms with Gasteiger partial charge in [0.25, 0.3) is 0 Å². The maximum atomic E-state index is 12.8. The molecule has 3 rings (SSSR count). The van der Waals surface area contributed by atoms with E-state index in [1.165, 1.54) is 14.2 Å². The van der Waals surface area contributed by atoms with Gasteiger partial charge in [-0.3, -0.25) is 9.56 Å². The molecule has 0 fully saturated rings. The summed E-state index contributed by atoms with van der Waals surface area (Å²) < 4.78 is 28.2. The number of carbonyl (C=O) groups excluding carboxylic acids is 1. The summed E-state index contributed by atoms with van der Waals surface area (Å²) >= 11 is 0. The van der Waals surface area contributed by atoms with Gasteiger partial charge >= 0.3 is 13.6 Å². The van der Waals surface area contributed by atoms with Gasteiger partial charge in [0.1, 0.15) is 0 Å². The number of hydrogen-bond acceptors (Lipinski definition) is 8. The Morgan fingerprint density at radius 1 is 1.00 bits per heavy atom. The normalized spacial score (nSPS) is 12.8. The van der Waals surface area contributed by atoms with Crippen molar-refractivity contribution < 1.29 is 23.1 Å². The fourth-order valence-corrected chi connectivity index (χ4v) is 4.11. The number of aromatic nitrogens is 2. The molecule has 0 amide bonds. The van der Waals surface area contributed by atoms with E-state index >= 15 is 0 Å². The third-order valence-corrected chi connectivity index (χ3v) is 6.57. The van der Waals surface area contributed by atoms with E-state index in [2.05, 4.69) is 15.0 Å². The number of nitrogens with zero attached hydrogens (tertiary/aromatic N) is 3. The van der Waals surface area contributed by atoms with Crippen LogP contribution in [0.1, 0.15) is 23.9 Å². The number of esters is 1. The van der Waals surface area contributed by atoms with Gasteiger partial charge in [0.2, 0.25) is 0 Å². The number of benzene rings is 2. The Balaban J connectivity index is 2.01. The van der Waals surface area contributed by atoms with Crippen molar-refractivity contribution in [3.8, 4) is 0 Å². The highest BCUT2D eigenvalue weighted by Crippen LogP contribution is 2.49. The van der Waals surface area contributed by atoms with E-state index < -0.39 is 19.6 Å². The van der Waals surface area contributed by atoms with E-state index in [1.54, 1.807) is 13.1 Å². The molecule has 3 aromatic rings. The summed E-state index contributed by atoms with van der Waals surface area (Å²) in [5, 5.41) is 0. The lowest BCUT2D eigenvalue weighted by atomic mass is 10.1. The summed E-state index contributed by atoms with van der Waals surface area (Å²) in [5.41, 5.74) is 3.08. The Hall–Kier alpha value is -2.93. The predicted octanol–water partition coefficient (Wildman–Crippen LogP) is 4.21. The van der Waals surface area contributed by atoms with Gasteiger partial charge in [0.15, 0.2) is 6.04 Å². The zero-order valence-electron chi connectivity index (χ0n) is 18.3. The van der Waals surface area contributed by atoms with Crippen molar-refractivity contribution in [3.63, 3.8) is 0 Å². The summed E-state index contributed by atoms with van der Waals surface area (Å²) in [7, 11) is -0.761. The van der Waals surface area contributed by atoms with E-state index in [0.717, 1.165) is 5.56 Å². The maximum Gasteiger partial charge on any atom is 0.336 e. The highest BCUT2D eigenvalue weighted by atomic mass is 31.2. The first-order valence-corrected chi connectivity index (χ1v) is 11.9. The molecule has 168 valence electrons. The van der Waals surface area contributed by atoms with E-state index in [0.29, 0.717) is 22.4 Å². The van der Waals surface area contributed by atoms with Gasteiger partial charge in [0, 0.05) is 26.9 Å². The molecule has 0 N–H and O–H groups in total. The van der Waals surface area contributed by atoms with Gasteiger partial charge < -0.3 is 13.8 Å². The fourth-order valence-electron chi connectivity index (χ4n) is 3.08. The van der Waals surface area contributed by atoms with Gasteiger partial charge in [-0.1, -0.05) is 42.5 Å². The van der Waals surface area contributed by atoms with Crippen molar-refractivity contribution in [1.82, 2.24) is 9.97 Å². The van der Waals surface area contributed by atoms with Crippen LogP contribution in [-0.2, 0) is 35.7 Å². The molecule has 0 aliphatic rings. The molecule has 1 atom stereocenters. The van der Waals surface area contributed by atoms with Crippen molar-refractivity contribution in [2.75, 3.05) is 20.8 Å². The molecule has 32 heavy (non-hydrogen) atoms. The molecular weight excluding hydrogens is 429 g/mol. The Labute approximate surface area is 187 Å². The average molecular weight is 455 g/mol. The van der Waals surface area contributed by atoms with Crippen molar-refractivity contribution in [2.45, 2.75) is 25.5 Å². The third kappa shape index (κ3) is 6.07. The van der Waals surface area contributed by atoms with Gasteiger partial charge in [-0.15, -0.1) is 0 Å². The monoisotopic (exact) mass is 455 g/mol. The van der Waals surface area contributed by atoms with Crippen LogP contribution in [0, 0.1) is 0 Å². The largest absolute Gasteiger partial charge is 0.464 e.